The molecule has 22 heavy (non-hydrogen) atoms. The van der Waals surface area contributed by atoms with Gasteiger partial charge in [-0.05, 0) is 49.9 Å². The molecule has 1 aromatic carbocycles. The lowest BCUT2D eigenvalue weighted by Crippen LogP contribution is -2.46. The third-order valence-electron chi connectivity index (χ3n) is 4.75. The Hall–Kier alpha value is -1.23. The highest BCUT2D eigenvalue weighted by Gasteiger charge is 2.20. The van der Waals surface area contributed by atoms with Gasteiger partial charge in [0.15, 0.2) is 5.78 Å². The summed E-state index contributed by atoms with van der Waals surface area (Å²) in [4.78, 5) is 16.7. The topological polar surface area (TPSA) is 43.8 Å². The number of nitrogens with zero attached hydrogens (tertiary/aromatic N) is 2. The summed E-state index contributed by atoms with van der Waals surface area (Å²) in [5.41, 5.74) is 5.69. The number of Topliss-reactive ketones (excluding diaryl/α,β-unsaturated/α-hetero) is 1. The number of benzene rings is 1. The van der Waals surface area contributed by atoms with Crippen LogP contribution in [-0.2, 0) is 6.54 Å². The van der Waals surface area contributed by atoms with Gasteiger partial charge in [0.1, 0.15) is 0 Å². The molecule has 1 aliphatic heterocycles. The van der Waals surface area contributed by atoms with Gasteiger partial charge < -0.3 is 5.11 Å². The van der Waals surface area contributed by atoms with Gasteiger partial charge in [0.25, 0.3) is 0 Å². The minimum atomic E-state index is 0.156. The molecule has 1 aromatic rings. The number of aliphatic hydroxyl groups is 1. The largest absolute Gasteiger partial charge is 0.395 e. The van der Waals surface area contributed by atoms with Gasteiger partial charge in [-0.3, -0.25) is 14.6 Å². The molecule has 0 atom stereocenters. The molecule has 4 nitrogen and oxygen atoms in total. The number of aliphatic hydroxyl groups excluding tert-OH is 1. The van der Waals surface area contributed by atoms with Crippen LogP contribution in [0.3, 0.4) is 0 Å². The van der Waals surface area contributed by atoms with Crippen LogP contribution in [0.4, 0.5) is 0 Å². The van der Waals surface area contributed by atoms with Crippen LogP contribution in [-0.4, -0.2) is 60.0 Å². The van der Waals surface area contributed by atoms with E-state index in [4.69, 9.17) is 5.11 Å². The molecular formula is C18H28N2O2. The summed E-state index contributed by atoms with van der Waals surface area (Å²) in [6.07, 6.45) is 0. The van der Waals surface area contributed by atoms with Crippen LogP contribution >= 0.6 is 0 Å². The first kappa shape index (κ1) is 17.1. The number of piperazine rings is 1. The molecule has 1 aliphatic rings. The van der Waals surface area contributed by atoms with Gasteiger partial charge in [-0.25, -0.2) is 0 Å². The van der Waals surface area contributed by atoms with Crippen molar-refractivity contribution >= 4 is 5.78 Å². The van der Waals surface area contributed by atoms with E-state index in [9.17, 15) is 4.79 Å². The summed E-state index contributed by atoms with van der Waals surface area (Å²) in [7, 11) is 0. The highest BCUT2D eigenvalue weighted by molar-refractivity contribution is 5.97. The second-order valence-corrected chi connectivity index (χ2v) is 6.39. The molecule has 1 N–H and O–H groups in total. The maximum Gasteiger partial charge on any atom is 0.160 e. The van der Waals surface area contributed by atoms with Crippen molar-refractivity contribution in [2.45, 2.75) is 34.2 Å². The summed E-state index contributed by atoms with van der Waals surface area (Å²) >= 11 is 0. The number of carbonyl (C=O) groups is 1. The average Bonchev–Trinajstić information content (AvgIpc) is 2.45. The number of hydrogen-bond acceptors (Lipinski definition) is 4. The Morgan fingerprint density at radius 3 is 2.23 bits per heavy atom. The summed E-state index contributed by atoms with van der Waals surface area (Å²) in [5.74, 6) is 0.156. The molecule has 1 heterocycles. The number of carbonyl (C=O) groups excluding carboxylic acids is 1. The quantitative estimate of drug-likeness (QED) is 0.844. The van der Waals surface area contributed by atoms with E-state index < -0.39 is 0 Å². The first-order valence-electron chi connectivity index (χ1n) is 8.10. The van der Waals surface area contributed by atoms with E-state index in [1.54, 1.807) is 6.92 Å². The van der Waals surface area contributed by atoms with Gasteiger partial charge in [-0.15, -0.1) is 0 Å². The Labute approximate surface area is 133 Å². The molecule has 0 spiro atoms. The van der Waals surface area contributed by atoms with E-state index in [0.29, 0.717) is 0 Å². The third kappa shape index (κ3) is 3.75. The predicted octanol–water partition coefficient (Wildman–Crippen LogP) is 1.92. The van der Waals surface area contributed by atoms with Crippen LogP contribution < -0.4 is 0 Å². The van der Waals surface area contributed by atoms with Gasteiger partial charge >= 0.3 is 0 Å². The molecule has 0 radical (unpaired) electrons. The monoisotopic (exact) mass is 304 g/mol. The predicted molar refractivity (Wildman–Crippen MR) is 89.5 cm³/mol. The Bertz CT molecular complexity index is 547. The van der Waals surface area contributed by atoms with Gasteiger partial charge in [-0.1, -0.05) is 6.07 Å². The van der Waals surface area contributed by atoms with E-state index in [-0.39, 0.29) is 12.4 Å². The van der Waals surface area contributed by atoms with Crippen molar-refractivity contribution in [3.63, 3.8) is 0 Å². The van der Waals surface area contributed by atoms with Crippen molar-refractivity contribution in [2.24, 2.45) is 0 Å². The lowest BCUT2D eigenvalue weighted by molar-refractivity contribution is 0.101. The van der Waals surface area contributed by atoms with Crippen LogP contribution in [0.15, 0.2) is 6.07 Å². The lowest BCUT2D eigenvalue weighted by Gasteiger charge is -2.35. The van der Waals surface area contributed by atoms with Crippen LogP contribution in [0.1, 0.15) is 39.5 Å². The highest BCUT2D eigenvalue weighted by atomic mass is 16.3. The van der Waals surface area contributed by atoms with Crippen LogP contribution in [0.2, 0.25) is 0 Å². The van der Waals surface area contributed by atoms with Gasteiger partial charge in [-0.2, -0.15) is 0 Å². The lowest BCUT2D eigenvalue weighted by atomic mass is 9.91. The van der Waals surface area contributed by atoms with E-state index in [0.717, 1.165) is 56.0 Å². The summed E-state index contributed by atoms with van der Waals surface area (Å²) < 4.78 is 0. The molecule has 0 bridgehead atoms. The van der Waals surface area contributed by atoms with E-state index in [2.05, 4.69) is 29.7 Å². The molecule has 0 saturated carbocycles. The maximum atomic E-state index is 11.9. The van der Waals surface area contributed by atoms with Gasteiger partial charge in [0, 0.05) is 44.8 Å². The Kier molecular flexibility index (Phi) is 5.73. The zero-order valence-corrected chi connectivity index (χ0v) is 14.3. The summed E-state index contributed by atoms with van der Waals surface area (Å²) in [5, 5.41) is 9.01. The van der Waals surface area contributed by atoms with E-state index in [1.165, 1.54) is 11.1 Å². The van der Waals surface area contributed by atoms with Gasteiger partial charge in [0.2, 0.25) is 0 Å². The van der Waals surface area contributed by atoms with Gasteiger partial charge in [0.05, 0.1) is 6.61 Å². The SMILES string of the molecule is CC(=O)c1c(C)cc(C)c(CN2CCN(CCO)CC2)c1C. The summed E-state index contributed by atoms with van der Waals surface area (Å²) in [6.45, 7) is 13.8. The normalized spacial score (nSPS) is 17.0. The van der Waals surface area contributed by atoms with Crippen molar-refractivity contribution in [2.75, 3.05) is 39.3 Å². The average molecular weight is 304 g/mol. The Balaban J connectivity index is 2.14. The standard InChI is InChI=1S/C18H28N2O2/c1-13-11-14(2)18(16(4)22)15(3)17(13)12-20-7-5-19(6-8-20)9-10-21/h11,21H,5-10,12H2,1-4H3. The Morgan fingerprint density at radius 2 is 1.68 bits per heavy atom. The van der Waals surface area contributed by atoms with E-state index >= 15 is 0 Å². The molecule has 0 aromatic heterocycles. The third-order valence-corrected chi connectivity index (χ3v) is 4.75. The Morgan fingerprint density at radius 1 is 1.09 bits per heavy atom. The number of aryl methyl sites for hydroxylation is 2. The number of hydrogen-bond donors (Lipinski definition) is 1. The first-order valence-corrected chi connectivity index (χ1v) is 8.10. The number of ketones is 1. The fourth-order valence-corrected chi connectivity index (χ4v) is 3.55. The first-order chi connectivity index (χ1) is 10.4. The summed E-state index contributed by atoms with van der Waals surface area (Å²) in [6, 6.07) is 2.14. The molecule has 0 amide bonds. The molecule has 4 heteroatoms. The minimum Gasteiger partial charge on any atom is -0.395 e. The molecule has 0 unspecified atom stereocenters. The van der Waals surface area contributed by atoms with Crippen LogP contribution in [0, 0.1) is 20.8 Å². The minimum absolute atomic E-state index is 0.156. The van der Waals surface area contributed by atoms with Crippen molar-refractivity contribution in [1.82, 2.24) is 9.80 Å². The smallest absolute Gasteiger partial charge is 0.160 e. The molecular weight excluding hydrogens is 276 g/mol. The molecule has 122 valence electrons. The molecule has 1 saturated heterocycles. The fraction of sp³-hybridized carbons (Fsp3) is 0.611. The van der Waals surface area contributed by atoms with Crippen molar-refractivity contribution in [3.8, 4) is 0 Å². The van der Waals surface area contributed by atoms with E-state index in [1.807, 2.05) is 6.92 Å². The van der Waals surface area contributed by atoms with Crippen molar-refractivity contribution in [3.05, 3.63) is 33.9 Å². The second kappa shape index (κ2) is 7.36. The molecule has 2 rings (SSSR count). The van der Waals surface area contributed by atoms with Crippen LogP contribution in [0.25, 0.3) is 0 Å². The maximum absolute atomic E-state index is 11.9. The zero-order valence-electron chi connectivity index (χ0n) is 14.3. The van der Waals surface area contributed by atoms with Crippen molar-refractivity contribution < 1.29 is 9.90 Å². The second-order valence-electron chi connectivity index (χ2n) is 6.39. The number of rotatable bonds is 5. The fourth-order valence-electron chi connectivity index (χ4n) is 3.55. The highest BCUT2D eigenvalue weighted by Crippen LogP contribution is 2.24. The van der Waals surface area contributed by atoms with Crippen LogP contribution in [0.5, 0.6) is 0 Å². The molecule has 0 aliphatic carbocycles. The number of β-amino-alcohol motifs (C(OH)–C–C–N with tert-alkyl or cyclic N) is 1. The van der Waals surface area contributed by atoms with Crippen molar-refractivity contribution in [1.29, 1.82) is 0 Å². The molecule has 1 fully saturated rings. The zero-order chi connectivity index (χ0) is 16.3.